The quantitative estimate of drug-likeness (QED) is 0.869. The SMILES string of the molecule is CCn1ccnc1CNC1(C)CCC(C)CC1. The van der Waals surface area contributed by atoms with Gasteiger partial charge in [0.05, 0.1) is 6.54 Å². The molecule has 1 aliphatic carbocycles. The minimum Gasteiger partial charge on any atom is -0.334 e. The van der Waals surface area contributed by atoms with E-state index < -0.39 is 0 Å². The highest BCUT2D eigenvalue weighted by Gasteiger charge is 2.29. The number of nitrogens with one attached hydrogen (secondary N) is 1. The van der Waals surface area contributed by atoms with Crippen LogP contribution in [-0.2, 0) is 13.1 Å². The van der Waals surface area contributed by atoms with Crippen molar-refractivity contribution < 1.29 is 0 Å². The maximum atomic E-state index is 4.42. The highest BCUT2D eigenvalue weighted by atomic mass is 15.1. The molecule has 1 N–H and O–H groups in total. The Morgan fingerprint density at radius 1 is 1.47 bits per heavy atom. The summed E-state index contributed by atoms with van der Waals surface area (Å²) in [6.45, 7) is 8.78. The molecule has 1 saturated carbocycles. The van der Waals surface area contributed by atoms with Crippen molar-refractivity contribution in [3.05, 3.63) is 18.2 Å². The summed E-state index contributed by atoms with van der Waals surface area (Å²) in [5.74, 6) is 2.06. The van der Waals surface area contributed by atoms with Gasteiger partial charge >= 0.3 is 0 Å². The van der Waals surface area contributed by atoms with Crippen LogP contribution in [-0.4, -0.2) is 15.1 Å². The van der Waals surface area contributed by atoms with E-state index in [1.165, 1.54) is 25.7 Å². The second-order valence-corrected chi connectivity index (χ2v) is 5.73. The van der Waals surface area contributed by atoms with Crippen LogP contribution in [0, 0.1) is 5.92 Å². The molecule has 0 bridgehead atoms. The predicted octanol–water partition coefficient (Wildman–Crippen LogP) is 2.96. The van der Waals surface area contributed by atoms with Gasteiger partial charge in [0.15, 0.2) is 0 Å². The molecule has 0 saturated heterocycles. The van der Waals surface area contributed by atoms with Crippen molar-refractivity contribution in [2.75, 3.05) is 0 Å². The standard InChI is InChI=1S/C14H25N3/c1-4-17-10-9-15-13(17)11-16-14(3)7-5-12(2)6-8-14/h9-10,12,16H,4-8,11H2,1-3H3. The van der Waals surface area contributed by atoms with Crippen molar-refractivity contribution in [1.82, 2.24) is 14.9 Å². The van der Waals surface area contributed by atoms with E-state index in [9.17, 15) is 0 Å². The Morgan fingerprint density at radius 2 is 2.18 bits per heavy atom. The number of nitrogens with zero attached hydrogens (tertiary/aromatic N) is 2. The number of imidazole rings is 1. The highest BCUT2D eigenvalue weighted by molar-refractivity contribution is 4.95. The van der Waals surface area contributed by atoms with Gasteiger partial charge in [0.2, 0.25) is 0 Å². The lowest BCUT2D eigenvalue weighted by Crippen LogP contribution is -2.44. The summed E-state index contributed by atoms with van der Waals surface area (Å²) >= 11 is 0. The second-order valence-electron chi connectivity index (χ2n) is 5.73. The molecule has 0 aromatic carbocycles. The van der Waals surface area contributed by atoms with Crippen molar-refractivity contribution in [3.63, 3.8) is 0 Å². The van der Waals surface area contributed by atoms with Gasteiger partial charge in [-0.1, -0.05) is 6.92 Å². The molecule has 1 fully saturated rings. The van der Waals surface area contributed by atoms with Gasteiger partial charge in [0.1, 0.15) is 5.82 Å². The molecule has 0 spiro atoms. The van der Waals surface area contributed by atoms with Crippen LogP contribution in [0.4, 0.5) is 0 Å². The molecule has 96 valence electrons. The van der Waals surface area contributed by atoms with E-state index in [-0.39, 0.29) is 0 Å². The van der Waals surface area contributed by atoms with E-state index in [2.05, 4.69) is 41.8 Å². The van der Waals surface area contributed by atoms with Crippen LogP contribution >= 0.6 is 0 Å². The monoisotopic (exact) mass is 235 g/mol. The van der Waals surface area contributed by atoms with Gasteiger partial charge in [-0.05, 0) is 45.4 Å². The highest BCUT2D eigenvalue weighted by Crippen LogP contribution is 2.31. The maximum Gasteiger partial charge on any atom is 0.122 e. The first-order chi connectivity index (χ1) is 8.13. The fourth-order valence-corrected chi connectivity index (χ4v) is 2.66. The predicted molar refractivity (Wildman–Crippen MR) is 70.8 cm³/mol. The topological polar surface area (TPSA) is 29.9 Å². The van der Waals surface area contributed by atoms with Gasteiger partial charge in [-0.15, -0.1) is 0 Å². The number of rotatable bonds is 4. The van der Waals surface area contributed by atoms with Gasteiger partial charge in [0, 0.05) is 24.5 Å². The number of hydrogen-bond donors (Lipinski definition) is 1. The molecule has 1 aromatic heterocycles. The Hall–Kier alpha value is -0.830. The van der Waals surface area contributed by atoms with Crippen LogP contribution in [0.5, 0.6) is 0 Å². The van der Waals surface area contributed by atoms with E-state index in [0.29, 0.717) is 5.54 Å². The summed E-state index contributed by atoms with van der Waals surface area (Å²) in [4.78, 5) is 4.42. The fraction of sp³-hybridized carbons (Fsp3) is 0.786. The molecule has 0 atom stereocenters. The van der Waals surface area contributed by atoms with Crippen molar-refractivity contribution in [2.24, 2.45) is 5.92 Å². The zero-order valence-electron chi connectivity index (χ0n) is 11.4. The minimum atomic E-state index is 0.316. The third kappa shape index (κ3) is 3.09. The van der Waals surface area contributed by atoms with Crippen LogP contribution in [0.1, 0.15) is 52.3 Å². The van der Waals surface area contributed by atoms with E-state index in [0.717, 1.165) is 24.8 Å². The van der Waals surface area contributed by atoms with Crippen LogP contribution in [0.2, 0.25) is 0 Å². The molecule has 17 heavy (non-hydrogen) atoms. The van der Waals surface area contributed by atoms with Crippen LogP contribution < -0.4 is 5.32 Å². The lowest BCUT2D eigenvalue weighted by Gasteiger charge is -2.37. The number of aryl methyl sites for hydroxylation is 1. The normalized spacial score (nSPS) is 29.5. The third-order valence-corrected chi connectivity index (χ3v) is 4.19. The Kier molecular flexibility index (Phi) is 3.87. The molecule has 1 aliphatic rings. The van der Waals surface area contributed by atoms with Gasteiger partial charge in [-0.2, -0.15) is 0 Å². The Morgan fingerprint density at radius 3 is 2.82 bits per heavy atom. The summed E-state index contributed by atoms with van der Waals surface area (Å²) in [6.07, 6.45) is 9.24. The summed E-state index contributed by atoms with van der Waals surface area (Å²) in [5, 5.41) is 3.71. The molecule has 3 heteroatoms. The average molecular weight is 235 g/mol. The molecule has 1 heterocycles. The molecule has 0 aliphatic heterocycles. The van der Waals surface area contributed by atoms with Crippen LogP contribution in [0.15, 0.2) is 12.4 Å². The lowest BCUT2D eigenvalue weighted by molar-refractivity contribution is 0.210. The van der Waals surface area contributed by atoms with Gasteiger partial charge in [-0.3, -0.25) is 0 Å². The molecule has 0 radical (unpaired) electrons. The molecule has 3 nitrogen and oxygen atoms in total. The zero-order chi connectivity index (χ0) is 12.3. The van der Waals surface area contributed by atoms with Gasteiger partial charge in [0.25, 0.3) is 0 Å². The first-order valence-electron chi connectivity index (χ1n) is 6.88. The number of aromatic nitrogens is 2. The van der Waals surface area contributed by atoms with Crippen LogP contribution in [0.25, 0.3) is 0 Å². The van der Waals surface area contributed by atoms with Crippen molar-refractivity contribution in [1.29, 1.82) is 0 Å². The molecular formula is C14H25N3. The third-order valence-electron chi connectivity index (χ3n) is 4.19. The molecule has 0 amide bonds. The molecular weight excluding hydrogens is 210 g/mol. The minimum absolute atomic E-state index is 0.316. The first kappa shape index (κ1) is 12.6. The van der Waals surface area contributed by atoms with Crippen molar-refractivity contribution in [2.45, 2.75) is 65.1 Å². The Bertz CT molecular complexity index is 348. The summed E-state index contributed by atoms with van der Waals surface area (Å²) in [7, 11) is 0. The van der Waals surface area contributed by atoms with Gasteiger partial charge < -0.3 is 9.88 Å². The van der Waals surface area contributed by atoms with Crippen molar-refractivity contribution >= 4 is 0 Å². The van der Waals surface area contributed by atoms with Gasteiger partial charge in [-0.25, -0.2) is 4.98 Å². The molecule has 2 rings (SSSR count). The largest absolute Gasteiger partial charge is 0.334 e. The number of hydrogen-bond acceptors (Lipinski definition) is 2. The smallest absolute Gasteiger partial charge is 0.122 e. The maximum absolute atomic E-state index is 4.42. The summed E-state index contributed by atoms with van der Waals surface area (Å²) in [5.41, 5.74) is 0.316. The lowest BCUT2D eigenvalue weighted by atomic mass is 9.78. The Labute approximate surface area is 105 Å². The first-order valence-corrected chi connectivity index (χ1v) is 6.88. The summed E-state index contributed by atoms with van der Waals surface area (Å²) < 4.78 is 2.21. The van der Waals surface area contributed by atoms with E-state index in [4.69, 9.17) is 0 Å². The average Bonchev–Trinajstić information content (AvgIpc) is 2.78. The van der Waals surface area contributed by atoms with E-state index in [1.807, 2.05) is 6.20 Å². The van der Waals surface area contributed by atoms with Crippen LogP contribution in [0.3, 0.4) is 0 Å². The zero-order valence-corrected chi connectivity index (χ0v) is 11.4. The van der Waals surface area contributed by atoms with E-state index >= 15 is 0 Å². The molecule has 1 aromatic rings. The van der Waals surface area contributed by atoms with E-state index in [1.54, 1.807) is 0 Å². The second kappa shape index (κ2) is 5.21. The molecule has 0 unspecified atom stereocenters. The summed E-state index contributed by atoms with van der Waals surface area (Å²) in [6, 6.07) is 0. The Balaban J connectivity index is 1.89. The fourth-order valence-electron chi connectivity index (χ4n) is 2.66. The van der Waals surface area contributed by atoms with Crippen molar-refractivity contribution in [3.8, 4) is 0 Å².